The first-order chi connectivity index (χ1) is 8.10. The fraction of sp³-hybridized carbons (Fsp3) is 0.545. The fourth-order valence-corrected chi connectivity index (χ4v) is 2.02. The summed E-state index contributed by atoms with van der Waals surface area (Å²) >= 11 is 5.74. The van der Waals surface area contributed by atoms with E-state index in [0.29, 0.717) is 11.0 Å². The van der Waals surface area contributed by atoms with Crippen LogP contribution in [0, 0.1) is 5.41 Å². The summed E-state index contributed by atoms with van der Waals surface area (Å²) in [7, 11) is 0. The Morgan fingerprint density at radius 3 is 2.82 bits per heavy atom. The van der Waals surface area contributed by atoms with Gasteiger partial charge in [0.1, 0.15) is 17.3 Å². The standard InChI is InChI=1S/C11H15ClN4O/c1-11(2-4-13-5-3-11)10(17)16-9-6-8(12)14-7-15-9/h6-7,13H,2-5H2,1H3,(H,14,15,16,17). The smallest absolute Gasteiger partial charge is 0.231 e. The molecule has 0 radical (unpaired) electrons. The van der Waals surface area contributed by atoms with E-state index in [9.17, 15) is 4.79 Å². The number of rotatable bonds is 2. The van der Waals surface area contributed by atoms with Gasteiger partial charge in [-0.05, 0) is 25.9 Å². The number of aromatic nitrogens is 2. The summed E-state index contributed by atoms with van der Waals surface area (Å²) in [5, 5.41) is 6.36. The molecule has 5 nitrogen and oxygen atoms in total. The third kappa shape index (κ3) is 2.92. The molecule has 1 aliphatic heterocycles. The minimum Gasteiger partial charge on any atom is -0.317 e. The molecule has 0 atom stereocenters. The second-order valence-corrected chi connectivity index (χ2v) is 4.88. The molecule has 1 amide bonds. The predicted molar refractivity (Wildman–Crippen MR) is 65.9 cm³/mol. The Hall–Kier alpha value is -1.20. The van der Waals surface area contributed by atoms with Gasteiger partial charge in [-0.3, -0.25) is 4.79 Å². The molecule has 1 fully saturated rings. The van der Waals surface area contributed by atoms with Crippen molar-refractivity contribution in [2.24, 2.45) is 5.41 Å². The van der Waals surface area contributed by atoms with E-state index >= 15 is 0 Å². The van der Waals surface area contributed by atoms with Crippen LogP contribution in [0.4, 0.5) is 5.82 Å². The van der Waals surface area contributed by atoms with E-state index in [1.54, 1.807) is 6.07 Å². The van der Waals surface area contributed by atoms with Crippen molar-refractivity contribution in [3.05, 3.63) is 17.5 Å². The Morgan fingerprint density at radius 1 is 1.47 bits per heavy atom. The van der Waals surface area contributed by atoms with Crippen LogP contribution in [0.5, 0.6) is 0 Å². The first-order valence-electron chi connectivity index (χ1n) is 5.60. The van der Waals surface area contributed by atoms with Crippen LogP contribution in [-0.4, -0.2) is 29.0 Å². The monoisotopic (exact) mass is 254 g/mol. The molecule has 92 valence electrons. The molecule has 1 aromatic heterocycles. The topological polar surface area (TPSA) is 66.9 Å². The summed E-state index contributed by atoms with van der Waals surface area (Å²) in [4.78, 5) is 19.9. The average Bonchev–Trinajstić information content (AvgIpc) is 2.30. The molecule has 2 N–H and O–H groups in total. The summed E-state index contributed by atoms with van der Waals surface area (Å²) < 4.78 is 0. The maximum atomic E-state index is 12.2. The van der Waals surface area contributed by atoms with Gasteiger partial charge in [-0.2, -0.15) is 0 Å². The van der Waals surface area contributed by atoms with Gasteiger partial charge in [0.05, 0.1) is 0 Å². The zero-order valence-corrected chi connectivity index (χ0v) is 10.4. The molecule has 0 spiro atoms. The summed E-state index contributed by atoms with van der Waals surface area (Å²) in [5.74, 6) is 0.448. The maximum absolute atomic E-state index is 12.2. The second kappa shape index (κ2) is 4.98. The fourth-order valence-electron chi connectivity index (χ4n) is 1.87. The number of hydrogen-bond donors (Lipinski definition) is 2. The molecule has 0 aliphatic carbocycles. The number of anilines is 1. The number of nitrogens with one attached hydrogen (secondary N) is 2. The van der Waals surface area contributed by atoms with E-state index in [4.69, 9.17) is 11.6 Å². The average molecular weight is 255 g/mol. The van der Waals surface area contributed by atoms with Crippen LogP contribution in [0.2, 0.25) is 5.15 Å². The first kappa shape index (κ1) is 12.3. The van der Waals surface area contributed by atoms with Gasteiger partial charge in [-0.15, -0.1) is 0 Å². The van der Waals surface area contributed by atoms with Crippen molar-refractivity contribution >= 4 is 23.3 Å². The van der Waals surface area contributed by atoms with Crippen molar-refractivity contribution in [1.29, 1.82) is 0 Å². The minimum absolute atomic E-state index is 0.00577. The summed E-state index contributed by atoms with van der Waals surface area (Å²) in [6.45, 7) is 3.72. The van der Waals surface area contributed by atoms with Gasteiger partial charge >= 0.3 is 0 Å². The van der Waals surface area contributed by atoms with E-state index < -0.39 is 0 Å². The van der Waals surface area contributed by atoms with Gasteiger partial charge in [-0.1, -0.05) is 18.5 Å². The van der Waals surface area contributed by atoms with E-state index in [1.165, 1.54) is 6.33 Å². The van der Waals surface area contributed by atoms with Crippen molar-refractivity contribution in [2.75, 3.05) is 18.4 Å². The molecule has 6 heteroatoms. The Kier molecular flexibility index (Phi) is 3.59. The maximum Gasteiger partial charge on any atom is 0.231 e. The Bertz CT molecular complexity index is 418. The number of piperidine rings is 1. The van der Waals surface area contributed by atoms with Crippen LogP contribution in [0.3, 0.4) is 0 Å². The molecular weight excluding hydrogens is 240 g/mol. The summed E-state index contributed by atoms with van der Waals surface area (Å²) in [6.07, 6.45) is 3.00. The highest BCUT2D eigenvalue weighted by Gasteiger charge is 2.34. The van der Waals surface area contributed by atoms with Crippen molar-refractivity contribution in [1.82, 2.24) is 15.3 Å². The van der Waals surface area contributed by atoms with E-state index in [2.05, 4.69) is 20.6 Å². The van der Waals surface area contributed by atoms with Crippen LogP contribution in [0.15, 0.2) is 12.4 Å². The molecular formula is C11H15ClN4O. The summed E-state index contributed by atoms with van der Waals surface area (Å²) in [5.41, 5.74) is -0.331. The van der Waals surface area contributed by atoms with Crippen LogP contribution in [0.25, 0.3) is 0 Å². The van der Waals surface area contributed by atoms with Gasteiger partial charge in [-0.25, -0.2) is 9.97 Å². The lowest BCUT2D eigenvalue weighted by atomic mass is 9.80. The molecule has 17 heavy (non-hydrogen) atoms. The van der Waals surface area contributed by atoms with E-state index in [0.717, 1.165) is 25.9 Å². The van der Waals surface area contributed by atoms with Crippen LogP contribution in [0.1, 0.15) is 19.8 Å². The minimum atomic E-state index is -0.331. The normalized spacial score (nSPS) is 18.7. The highest BCUT2D eigenvalue weighted by Crippen LogP contribution is 2.29. The number of halogens is 1. The lowest BCUT2D eigenvalue weighted by molar-refractivity contribution is -0.126. The van der Waals surface area contributed by atoms with Crippen LogP contribution in [-0.2, 0) is 4.79 Å². The molecule has 0 saturated carbocycles. The van der Waals surface area contributed by atoms with E-state index in [-0.39, 0.29) is 11.3 Å². The van der Waals surface area contributed by atoms with E-state index in [1.807, 2.05) is 6.92 Å². The molecule has 0 unspecified atom stereocenters. The quantitative estimate of drug-likeness (QED) is 0.784. The molecule has 1 aliphatic rings. The van der Waals surface area contributed by atoms with Crippen LogP contribution >= 0.6 is 11.6 Å². The van der Waals surface area contributed by atoms with Crippen molar-refractivity contribution in [3.63, 3.8) is 0 Å². The van der Waals surface area contributed by atoms with Gasteiger partial charge in [0.2, 0.25) is 5.91 Å². The first-order valence-corrected chi connectivity index (χ1v) is 5.98. The molecule has 0 aromatic carbocycles. The van der Waals surface area contributed by atoms with Gasteiger partial charge in [0.15, 0.2) is 0 Å². The molecule has 0 bridgehead atoms. The molecule has 1 aromatic rings. The Labute approximate surface area is 105 Å². The number of nitrogens with zero attached hydrogens (tertiary/aromatic N) is 2. The number of hydrogen-bond acceptors (Lipinski definition) is 4. The lowest BCUT2D eigenvalue weighted by Crippen LogP contribution is -2.42. The lowest BCUT2D eigenvalue weighted by Gasteiger charge is -2.32. The van der Waals surface area contributed by atoms with Gasteiger partial charge < -0.3 is 10.6 Å². The van der Waals surface area contributed by atoms with Crippen molar-refractivity contribution < 1.29 is 4.79 Å². The Morgan fingerprint density at radius 2 is 2.18 bits per heavy atom. The molecule has 1 saturated heterocycles. The zero-order chi connectivity index (χ0) is 12.3. The SMILES string of the molecule is CC1(C(=O)Nc2cc(Cl)ncn2)CCNCC1. The highest BCUT2D eigenvalue weighted by molar-refractivity contribution is 6.29. The second-order valence-electron chi connectivity index (χ2n) is 4.49. The van der Waals surface area contributed by atoms with Gasteiger partial charge in [0.25, 0.3) is 0 Å². The van der Waals surface area contributed by atoms with Crippen molar-refractivity contribution in [3.8, 4) is 0 Å². The third-order valence-electron chi connectivity index (χ3n) is 3.13. The van der Waals surface area contributed by atoms with Crippen molar-refractivity contribution in [2.45, 2.75) is 19.8 Å². The predicted octanol–water partition coefficient (Wildman–Crippen LogP) is 1.46. The summed E-state index contributed by atoms with van der Waals surface area (Å²) in [6, 6.07) is 1.55. The zero-order valence-electron chi connectivity index (χ0n) is 9.66. The largest absolute Gasteiger partial charge is 0.317 e. The third-order valence-corrected chi connectivity index (χ3v) is 3.34. The Balaban J connectivity index is 2.05. The van der Waals surface area contributed by atoms with Gasteiger partial charge in [0, 0.05) is 11.5 Å². The number of amides is 1. The molecule has 2 rings (SSSR count). The highest BCUT2D eigenvalue weighted by atomic mass is 35.5. The molecule has 2 heterocycles. The van der Waals surface area contributed by atoms with Crippen LogP contribution < -0.4 is 10.6 Å². The number of carbonyl (C=O) groups is 1. The number of carbonyl (C=O) groups excluding carboxylic acids is 1.